The first kappa shape index (κ1) is 9.10. The molecule has 0 amide bonds. The molecule has 3 rings (SSSR count). The second-order valence-electron chi connectivity index (χ2n) is 3.72. The van der Waals surface area contributed by atoms with Crippen LogP contribution < -0.4 is 0 Å². The van der Waals surface area contributed by atoms with Crippen LogP contribution in [0.25, 0.3) is 21.9 Å². The molecule has 1 heteroatoms. The van der Waals surface area contributed by atoms with Gasteiger partial charge in [-0.2, -0.15) is 0 Å². The molecule has 0 spiro atoms. The zero-order valence-electron chi connectivity index (χ0n) is 8.72. The van der Waals surface area contributed by atoms with E-state index in [1.807, 2.05) is 12.1 Å². The van der Waals surface area contributed by atoms with E-state index in [9.17, 15) is 0 Å². The highest BCUT2D eigenvalue weighted by molar-refractivity contribution is 5.86. The molecule has 16 heavy (non-hydrogen) atoms. The second-order valence-corrected chi connectivity index (χ2v) is 3.72. The minimum Gasteiger partial charge on any atom is -0.254 e. The van der Waals surface area contributed by atoms with Crippen molar-refractivity contribution < 1.29 is 0 Å². The van der Waals surface area contributed by atoms with Gasteiger partial charge in [0.1, 0.15) is 0 Å². The minimum atomic E-state index is 1.06. The van der Waals surface area contributed by atoms with Crippen LogP contribution in [0.2, 0.25) is 0 Å². The molecule has 0 bridgehead atoms. The van der Waals surface area contributed by atoms with Crippen molar-refractivity contribution in [2.45, 2.75) is 0 Å². The quantitative estimate of drug-likeness (QED) is 0.589. The molecule has 0 saturated carbocycles. The fourth-order valence-corrected chi connectivity index (χ4v) is 1.84. The van der Waals surface area contributed by atoms with Crippen LogP contribution in [0.1, 0.15) is 0 Å². The summed E-state index contributed by atoms with van der Waals surface area (Å²) < 4.78 is 0. The van der Waals surface area contributed by atoms with Gasteiger partial charge in [0.05, 0.1) is 6.20 Å². The molecule has 1 nitrogen and oxygen atoms in total. The largest absolute Gasteiger partial charge is 0.254 e. The Labute approximate surface area is 94.4 Å². The third kappa shape index (κ3) is 1.57. The van der Waals surface area contributed by atoms with Crippen molar-refractivity contribution in [3.63, 3.8) is 0 Å². The number of hydrogen-bond acceptors (Lipinski definition) is 1. The van der Waals surface area contributed by atoms with Crippen molar-refractivity contribution in [3.05, 3.63) is 67.0 Å². The van der Waals surface area contributed by atoms with Gasteiger partial charge in [0.2, 0.25) is 0 Å². The van der Waals surface area contributed by atoms with Gasteiger partial charge in [-0.3, -0.25) is 4.98 Å². The molecule has 0 fully saturated rings. The van der Waals surface area contributed by atoms with Crippen LogP contribution in [0.3, 0.4) is 0 Å². The Bertz CT molecular complexity index is 614. The van der Waals surface area contributed by atoms with Gasteiger partial charge in [0, 0.05) is 11.6 Å². The second kappa shape index (κ2) is 3.78. The number of hydrogen-bond donors (Lipinski definition) is 0. The smallest absolute Gasteiger partial charge is 0.0970 e. The maximum Gasteiger partial charge on any atom is 0.0970 e. The highest BCUT2D eigenvalue weighted by Crippen LogP contribution is 2.23. The zero-order valence-corrected chi connectivity index (χ0v) is 8.72. The van der Waals surface area contributed by atoms with E-state index in [2.05, 4.69) is 53.6 Å². The van der Waals surface area contributed by atoms with Crippen LogP contribution in [0.4, 0.5) is 0 Å². The molecule has 1 radical (unpaired) electrons. The van der Waals surface area contributed by atoms with Crippen LogP contribution in [0.5, 0.6) is 0 Å². The Morgan fingerprint density at radius 3 is 2.56 bits per heavy atom. The summed E-state index contributed by atoms with van der Waals surface area (Å²) in [7, 11) is 0. The van der Waals surface area contributed by atoms with Crippen molar-refractivity contribution in [1.29, 1.82) is 0 Å². The number of benzene rings is 2. The number of rotatable bonds is 1. The Morgan fingerprint density at radius 1 is 0.812 bits per heavy atom. The monoisotopic (exact) mass is 204 g/mol. The van der Waals surface area contributed by atoms with E-state index >= 15 is 0 Å². The number of pyridine rings is 1. The van der Waals surface area contributed by atoms with Gasteiger partial charge in [-0.25, -0.2) is 0 Å². The third-order valence-electron chi connectivity index (χ3n) is 2.67. The lowest BCUT2D eigenvalue weighted by Crippen LogP contribution is -1.79. The highest BCUT2D eigenvalue weighted by Gasteiger charge is 1.98. The van der Waals surface area contributed by atoms with E-state index in [0.717, 1.165) is 5.39 Å². The van der Waals surface area contributed by atoms with Crippen LogP contribution >= 0.6 is 0 Å². The van der Waals surface area contributed by atoms with E-state index in [-0.39, 0.29) is 0 Å². The molecule has 2 aromatic carbocycles. The fourth-order valence-electron chi connectivity index (χ4n) is 1.84. The molecule has 0 aliphatic heterocycles. The fraction of sp³-hybridized carbons (Fsp3) is 0. The number of aromatic nitrogens is 1. The lowest BCUT2D eigenvalue weighted by Gasteiger charge is -2.02. The summed E-state index contributed by atoms with van der Waals surface area (Å²) in [4.78, 5) is 3.99. The predicted octanol–water partition coefficient (Wildman–Crippen LogP) is 3.70. The molecular weight excluding hydrogens is 194 g/mol. The Kier molecular flexibility index (Phi) is 2.15. The Balaban J connectivity index is 2.19. The van der Waals surface area contributed by atoms with Crippen LogP contribution in [-0.4, -0.2) is 4.98 Å². The topological polar surface area (TPSA) is 12.9 Å². The highest BCUT2D eigenvalue weighted by atomic mass is 14.6. The number of nitrogens with zero attached hydrogens (tertiary/aromatic N) is 1. The van der Waals surface area contributed by atoms with Gasteiger partial charge in [-0.1, -0.05) is 42.5 Å². The molecule has 0 aliphatic rings. The molecule has 0 saturated heterocycles. The molecule has 0 unspecified atom stereocenters. The van der Waals surface area contributed by atoms with Crippen LogP contribution in [0, 0.1) is 6.20 Å². The summed E-state index contributed by atoms with van der Waals surface area (Å²) in [5.74, 6) is 0. The van der Waals surface area contributed by atoms with Gasteiger partial charge < -0.3 is 0 Å². The van der Waals surface area contributed by atoms with Crippen molar-refractivity contribution in [3.8, 4) is 11.1 Å². The molecule has 1 heterocycles. The molecule has 3 aromatic rings. The zero-order chi connectivity index (χ0) is 10.8. The summed E-state index contributed by atoms with van der Waals surface area (Å²) in [6.45, 7) is 0. The van der Waals surface area contributed by atoms with Crippen LogP contribution in [0.15, 0.2) is 60.8 Å². The number of fused-ring (bicyclic) bond motifs is 1. The maximum atomic E-state index is 3.99. The molecular formula is C15H10N. The van der Waals surface area contributed by atoms with Gasteiger partial charge in [0.15, 0.2) is 0 Å². The predicted molar refractivity (Wildman–Crippen MR) is 66.0 cm³/mol. The molecule has 75 valence electrons. The Hall–Kier alpha value is -2.15. The van der Waals surface area contributed by atoms with E-state index in [4.69, 9.17) is 0 Å². The van der Waals surface area contributed by atoms with Gasteiger partial charge in [-0.05, 0) is 28.6 Å². The summed E-state index contributed by atoms with van der Waals surface area (Å²) in [5.41, 5.74) is 2.47. The van der Waals surface area contributed by atoms with E-state index < -0.39 is 0 Å². The third-order valence-corrected chi connectivity index (χ3v) is 2.67. The van der Waals surface area contributed by atoms with E-state index in [1.54, 1.807) is 6.20 Å². The summed E-state index contributed by atoms with van der Waals surface area (Å²) in [5, 5.41) is 2.23. The SMILES string of the molecule is [c]1nccc2cc(-c3ccccc3)ccc12. The summed E-state index contributed by atoms with van der Waals surface area (Å²) in [6, 6.07) is 18.7. The molecule has 1 aromatic heterocycles. The average molecular weight is 204 g/mol. The van der Waals surface area contributed by atoms with Gasteiger partial charge in [-0.15, -0.1) is 0 Å². The van der Waals surface area contributed by atoms with Crippen molar-refractivity contribution in [2.24, 2.45) is 0 Å². The van der Waals surface area contributed by atoms with Crippen molar-refractivity contribution in [2.75, 3.05) is 0 Å². The molecule has 0 N–H and O–H groups in total. The van der Waals surface area contributed by atoms with Crippen molar-refractivity contribution in [1.82, 2.24) is 4.98 Å². The molecule has 0 atom stereocenters. The van der Waals surface area contributed by atoms with E-state index in [1.165, 1.54) is 16.5 Å². The minimum absolute atomic E-state index is 1.06. The Morgan fingerprint density at radius 2 is 1.69 bits per heavy atom. The summed E-state index contributed by atoms with van der Waals surface area (Å²) in [6.07, 6.45) is 4.75. The first-order valence-electron chi connectivity index (χ1n) is 5.25. The lowest BCUT2D eigenvalue weighted by atomic mass is 10.0. The van der Waals surface area contributed by atoms with Crippen LogP contribution in [-0.2, 0) is 0 Å². The first-order chi connectivity index (χ1) is 7.93. The summed E-state index contributed by atoms with van der Waals surface area (Å²) >= 11 is 0. The van der Waals surface area contributed by atoms with E-state index in [0.29, 0.717) is 0 Å². The lowest BCUT2D eigenvalue weighted by molar-refractivity contribution is 1.35. The van der Waals surface area contributed by atoms with Gasteiger partial charge >= 0.3 is 0 Å². The average Bonchev–Trinajstić information content (AvgIpc) is 2.39. The molecule has 0 aliphatic carbocycles. The normalized spacial score (nSPS) is 10.5. The standard InChI is InChI=1S/C15H10N/c1-2-4-12(5-3-1)13-6-7-15-11-16-9-8-14(15)10-13/h1-10H. The van der Waals surface area contributed by atoms with Crippen molar-refractivity contribution >= 4 is 10.8 Å². The first-order valence-corrected chi connectivity index (χ1v) is 5.25. The maximum absolute atomic E-state index is 3.99. The van der Waals surface area contributed by atoms with Gasteiger partial charge in [0.25, 0.3) is 0 Å².